The second kappa shape index (κ2) is 7.66. The van der Waals surface area contributed by atoms with Gasteiger partial charge in [-0.25, -0.2) is 4.98 Å². The molecular weight excluding hydrogens is 216 g/mol. The van der Waals surface area contributed by atoms with Crippen LogP contribution < -0.4 is 5.73 Å². The normalized spacial score (nSPS) is 10.9. The molecule has 0 aromatic carbocycles. The number of hydrogen-bond donors (Lipinski definition) is 1. The van der Waals surface area contributed by atoms with E-state index in [1.807, 2.05) is 6.92 Å². The van der Waals surface area contributed by atoms with Crippen LogP contribution in [-0.4, -0.2) is 4.98 Å². The standard InChI is InChI=1S/C13H24N2S/c1-3-4-5-6-7-8-9-10-12-13(14)16-11(2)15-12/h3-10,14H2,1-2H3. The molecule has 0 atom stereocenters. The van der Waals surface area contributed by atoms with Crippen LogP contribution in [0.1, 0.15) is 62.6 Å². The zero-order chi connectivity index (χ0) is 11.8. The maximum absolute atomic E-state index is 5.88. The fourth-order valence-electron chi connectivity index (χ4n) is 1.91. The lowest BCUT2D eigenvalue weighted by Gasteiger charge is -2.00. The van der Waals surface area contributed by atoms with Crippen molar-refractivity contribution in [3.8, 4) is 0 Å². The van der Waals surface area contributed by atoms with Crippen LogP contribution in [0.4, 0.5) is 5.00 Å². The van der Waals surface area contributed by atoms with Gasteiger partial charge in [-0.15, -0.1) is 11.3 Å². The third-order valence-electron chi connectivity index (χ3n) is 2.85. The average Bonchev–Trinajstić information content (AvgIpc) is 2.56. The fraction of sp³-hybridized carbons (Fsp3) is 0.769. The first-order valence-electron chi connectivity index (χ1n) is 6.45. The highest BCUT2D eigenvalue weighted by Crippen LogP contribution is 2.22. The number of thiazole rings is 1. The van der Waals surface area contributed by atoms with E-state index in [0.29, 0.717) is 0 Å². The number of rotatable bonds is 8. The lowest BCUT2D eigenvalue weighted by Crippen LogP contribution is -1.92. The quantitative estimate of drug-likeness (QED) is 0.687. The van der Waals surface area contributed by atoms with Crippen molar-refractivity contribution in [3.05, 3.63) is 10.7 Å². The molecule has 1 heterocycles. The molecule has 0 fully saturated rings. The largest absolute Gasteiger partial charge is 0.389 e. The molecule has 0 amide bonds. The van der Waals surface area contributed by atoms with Gasteiger partial charge in [-0.05, 0) is 19.8 Å². The van der Waals surface area contributed by atoms with Crippen LogP contribution in [0.5, 0.6) is 0 Å². The van der Waals surface area contributed by atoms with E-state index < -0.39 is 0 Å². The summed E-state index contributed by atoms with van der Waals surface area (Å²) in [6, 6.07) is 0. The summed E-state index contributed by atoms with van der Waals surface area (Å²) in [5, 5.41) is 2.01. The first kappa shape index (κ1) is 13.5. The van der Waals surface area contributed by atoms with E-state index >= 15 is 0 Å². The molecule has 92 valence electrons. The van der Waals surface area contributed by atoms with E-state index in [2.05, 4.69) is 11.9 Å². The zero-order valence-corrected chi connectivity index (χ0v) is 11.4. The predicted molar refractivity (Wildman–Crippen MR) is 73.0 cm³/mol. The minimum Gasteiger partial charge on any atom is -0.389 e. The summed E-state index contributed by atoms with van der Waals surface area (Å²) < 4.78 is 0. The van der Waals surface area contributed by atoms with E-state index in [0.717, 1.165) is 22.1 Å². The van der Waals surface area contributed by atoms with Gasteiger partial charge < -0.3 is 5.73 Å². The van der Waals surface area contributed by atoms with Gasteiger partial charge in [-0.3, -0.25) is 0 Å². The Balaban J connectivity index is 2.05. The molecule has 16 heavy (non-hydrogen) atoms. The van der Waals surface area contributed by atoms with Gasteiger partial charge in [0, 0.05) is 0 Å². The third kappa shape index (κ3) is 4.97. The summed E-state index contributed by atoms with van der Waals surface area (Å²) in [4.78, 5) is 4.45. The number of aromatic nitrogens is 1. The molecule has 0 bridgehead atoms. The lowest BCUT2D eigenvalue weighted by atomic mass is 10.1. The van der Waals surface area contributed by atoms with Crippen molar-refractivity contribution in [3.63, 3.8) is 0 Å². The summed E-state index contributed by atoms with van der Waals surface area (Å²) in [5.74, 6) is 0. The SMILES string of the molecule is CCCCCCCCCc1nc(C)sc1N. The summed E-state index contributed by atoms with van der Waals surface area (Å²) >= 11 is 1.61. The molecule has 1 rings (SSSR count). The number of unbranched alkanes of at least 4 members (excludes halogenated alkanes) is 6. The van der Waals surface area contributed by atoms with Crippen molar-refractivity contribution in [2.24, 2.45) is 0 Å². The van der Waals surface area contributed by atoms with Gasteiger partial charge in [0.2, 0.25) is 0 Å². The Kier molecular flexibility index (Phi) is 6.46. The van der Waals surface area contributed by atoms with E-state index in [9.17, 15) is 0 Å². The van der Waals surface area contributed by atoms with E-state index in [4.69, 9.17) is 5.73 Å². The van der Waals surface area contributed by atoms with Crippen molar-refractivity contribution >= 4 is 16.3 Å². The average molecular weight is 240 g/mol. The number of anilines is 1. The molecule has 3 heteroatoms. The summed E-state index contributed by atoms with van der Waals surface area (Å²) in [6.07, 6.45) is 10.5. The van der Waals surface area contributed by atoms with Gasteiger partial charge in [0.1, 0.15) is 5.00 Å². The Morgan fingerprint density at radius 2 is 1.69 bits per heavy atom. The Bertz CT molecular complexity index is 294. The van der Waals surface area contributed by atoms with Gasteiger partial charge in [-0.1, -0.05) is 45.4 Å². The van der Waals surface area contributed by atoms with E-state index in [1.165, 1.54) is 44.9 Å². The molecule has 0 saturated carbocycles. The van der Waals surface area contributed by atoms with Gasteiger partial charge in [0.15, 0.2) is 0 Å². The molecule has 1 aromatic rings. The number of nitrogens with zero attached hydrogens (tertiary/aromatic N) is 1. The molecule has 0 aliphatic carbocycles. The molecular formula is C13H24N2S. The number of nitrogen functional groups attached to an aromatic ring is 1. The van der Waals surface area contributed by atoms with Crippen LogP contribution in [0.3, 0.4) is 0 Å². The van der Waals surface area contributed by atoms with Crippen LogP contribution >= 0.6 is 11.3 Å². The Morgan fingerprint density at radius 3 is 2.25 bits per heavy atom. The molecule has 0 saturated heterocycles. The molecule has 0 unspecified atom stereocenters. The van der Waals surface area contributed by atoms with Crippen molar-refractivity contribution in [2.45, 2.75) is 65.2 Å². The molecule has 1 aromatic heterocycles. The molecule has 0 radical (unpaired) electrons. The van der Waals surface area contributed by atoms with Crippen molar-refractivity contribution < 1.29 is 0 Å². The first-order chi connectivity index (χ1) is 7.74. The van der Waals surface area contributed by atoms with Gasteiger partial charge in [-0.2, -0.15) is 0 Å². The van der Waals surface area contributed by atoms with Crippen LogP contribution in [-0.2, 0) is 6.42 Å². The predicted octanol–water partition coefficient (Wildman–Crippen LogP) is 4.33. The maximum atomic E-state index is 5.88. The fourth-order valence-corrected chi connectivity index (χ4v) is 2.65. The van der Waals surface area contributed by atoms with Crippen LogP contribution in [0, 0.1) is 6.92 Å². The topological polar surface area (TPSA) is 38.9 Å². The number of nitrogens with two attached hydrogens (primary N) is 1. The molecule has 0 aliphatic rings. The van der Waals surface area contributed by atoms with E-state index in [1.54, 1.807) is 11.3 Å². The van der Waals surface area contributed by atoms with Crippen molar-refractivity contribution in [1.29, 1.82) is 0 Å². The lowest BCUT2D eigenvalue weighted by molar-refractivity contribution is 0.588. The number of aryl methyl sites for hydroxylation is 2. The monoisotopic (exact) mass is 240 g/mol. The molecule has 2 N–H and O–H groups in total. The molecule has 0 spiro atoms. The second-order valence-electron chi connectivity index (χ2n) is 4.42. The Morgan fingerprint density at radius 1 is 1.06 bits per heavy atom. The minimum absolute atomic E-state index is 0.920. The van der Waals surface area contributed by atoms with E-state index in [-0.39, 0.29) is 0 Å². The Hall–Kier alpha value is -0.570. The van der Waals surface area contributed by atoms with Gasteiger partial charge in [0.25, 0.3) is 0 Å². The highest BCUT2D eigenvalue weighted by Gasteiger charge is 2.04. The zero-order valence-electron chi connectivity index (χ0n) is 10.6. The first-order valence-corrected chi connectivity index (χ1v) is 7.27. The van der Waals surface area contributed by atoms with Crippen molar-refractivity contribution in [2.75, 3.05) is 5.73 Å². The minimum atomic E-state index is 0.920. The highest BCUT2D eigenvalue weighted by atomic mass is 32.1. The van der Waals surface area contributed by atoms with Crippen molar-refractivity contribution in [1.82, 2.24) is 4.98 Å². The van der Waals surface area contributed by atoms with Crippen LogP contribution in [0.25, 0.3) is 0 Å². The maximum Gasteiger partial charge on any atom is 0.109 e. The van der Waals surface area contributed by atoms with Gasteiger partial charge >= 0.3 is 0 Å². The Labute approximate surface area is 103 Å². The smallest absolute Gasteiger partial charge is 0.109 e. The summed E-state index contributed by atoms with van der Waals surface area (Å²) in [6.45, 7) is 4.28. The van der Waals surface area contributed by atoms with Crippen LogP contribution in [0.2, 0.25) is 0 Å². The second-order valence-corrected chi connectivity index (χ2v) is 5.65. The van der Waals surface area contributed by atoms with Gasteiger partial charge in [0.05, 0.1) is 10.7 Å². The van der Waals surface area contributed by atoms with Crippen LogP contribution in [0.15, 0.2) is 0 Å². The summed E-state index contributed by atoms with van der Waals surface area (Å²) in [7, 11) is 0. The molecule has 2 nitrogen and oxygen atoms in total. The summed E-state index contributed by atoms with van der Waals surface area (Å²) in [5.41, 5.74) is 7.00. The third-order valence-corrected chi connectivity index (χ3v) is 3.69. The number of hydrogen-bond acceptors (Lipinski definition) is 3. The highest BCUT2D eigenvalue weighted by molar-refractivity contribution is 7.15. The molecule has 0 aliphatic heterocycles.